The van der Waals surface area contributed by atoms with E-state index in [-0.39, 0.29) is 6.03 Å². The second-order valence-corrected chi connectivity index (χ2v) is 7.02. The highest BCUT2D eigenvalue weighted by molar-refractivity contribution is 5.89. The lowest BCUT2D eigenvalue weighted by Gasteiger charge is -2.26. The Morgan fingerprint density at radius 2 is 2.08 bits per heavy atom. The number of nitrogens with zero attached hydrogens (tertiary/aromatic N) is 2. The molecule has 2 aliphatic rings. The van der Waals surface area contributed by atoms with Gasteiger partial charge >= 0.3 is 6.03 Å². The molecule has 1 aromatic carbocycles. The van der Waals surface area contributed by atoms with Crippen LogP contribution in [0, 0.1) is 5.92 Å². The number of carbonyl (C=O) groups excluding carboxylic acids is 1. The standard InChI is InChI=1S/C19H29N3O2/c1-24-15-17-8-11-22(14-17)19(23)20-18-7-5-6-16(12-18)13-21-9-3-2-4-10-21/h5-7,12,17H,2-4,8-11,13-15H2,1H3,(H,20,23). The van der Waals surface area contributed by atoms with Crippen molar-refractivity contribution in [3.05, 3.63) is 29.8 Å². The van der Waals surface area contributed by atoms with Gasteiger partial charge in [-0.2, -0.15) is 0 Å². The molecule has 1 aromatic rings. The summed E-state index contributed by atoms with van der Waals surface area (Å²) < 4.78 is 5.20. The number of anilines is 1. The lowest BCUT2D eigenvalue weighted by Crippen LogP contribution is -2.33. The molecule has 2 fully saturated rings. The summed E-state index contributed by atoms with van der Waals surface area (Å²) in [5.41, 5.74) is 2.16. The van der Waals surface area contributed by atoms with Crippen LogP contribution in [-0.4, -0.2) is 55.7 Å². The van der Waals surface area contributed by atoms with Gasteiger partial charge in [0.2, 0.25) is 0 Å². The van der Waals surface area contributed by atoms with E-state index in [1.165, 1.54) is 37.9 Å². The molecule has 2 aliphatic heterocycles. The number of hydrogen-bond donors (Lipinski definition) is 1. The topological polar surface area (TPSA) is 44.8 Å². The van der Waals surface area contributed by atoms with Crippen LogP contribution >= 0.6 is 0 Å². The molecule has 0 aliphatic carbocycles. The van der Waals surface area contributed by atoms with Crippen molar-refractivity contribution in [2.75, 3.05) is 45.2 Å². The number of piperidine rings is 1. The predicted octanol–water partition coefficient (Wildman–Crippen LogP) is 3.17. The molecule has 1 atom stereocenters. The van der Waals surface area contributed by atoms with Crippen LogP contribution in [-0.2, 0) is 11.3 Å². The predicted molar refractivity (Wildman–Crippen MR) is 96.1 cm³/mol. The Labute approximate surface area is 145 Å². The summed E-state index contributed by atoms with van der Waals surface area (Å²) in [4.78, 5) is 16.8. The molecule has 132 valence electrons. The molecular formula is C19H29N3O2. The quantitative estimate of drug-likeness (QED) is 0.901. The van der Waals surface area contributed by atoms with Crippen LogP contribution in [0.2, 0.25) is 0 Å². The van der Waals surface area contributed by atoms with Gasteiger partial charge in [-0.15, -0.1) is 0 Å². The van der Waals surface area contributed by atoms with E-state index in [0.717, 1.165) is 38.3 Å². The van der Waals surface area contributed by atoms with Crippen molar-refractivity contribution in [1.29, 1.82) is 0 Å². The van der Waals surface area contributed by atoms with Crippen LogP contribution in [0.25, 0.3) is 0 Å². The molecule has 0 bridgehead atoms. The molecule has 0 saturated carbocycles. The number of ether oxygens (including phenoxy) is 1. The second kappa shape index (κ2) is 8.49. The van der Waals surface area contributed by atoms with Gasteiger partial charge in [0.15, 0.2) is 0 Å². The van der Waals surface area contributed by atoms with Crippen molar-refractivity contribution in [1.82, 2.24) is 9.80 Å². The van der Waals surface area contributed by atoms with E-state index in [1.807, 2.05) is 17.0 Å². The van der Waals surface area contributed by atoms with Gasteiger partial charge < -0.3 is 15.0 Å². The lowest BCUT2D eigenvalue weighted by molar-refractivity contribution is 0.154. The maximum absolute atomic E-state index is 12.4. The summed E-state index contributed by atoms with van der Waals surface area (Å²) in [6.07, 6.45) is 4.98. The summed E-state index contributed by atoms with van der Waals surface area (Å²) in [5.74, 6) is 0.464. The number of hydrogen-bond acceptors (Lipinski definition) is 3. The van der Waals surface area contributed by atoms with Crippen molar-refractivity contribution in [2.45, 2.75) is 32.2 Å². The van der Waals surface area contributed by atoms with Crippen molar-refractivity contribution < 1.29 is 9.53 Å². The van der Waals surface area contributed by atoms with Gasteiger partial charge in [-0.3, -0.25) is 4.90 Å². The maximum atomic E-state index is 12.4. The second-order valence-electron chi connectivity index (χ2n) is 7.02. The molecule has 2 heterocycles. The van der Waals surface area contributed by atoms with Crippen LogP contribution in [0.5, 0.6) is 0 Å². The highest BCUT2D eigenvalue weighted by Gasteiger charge is 2.26. The van der Waals surface area contributed by atoms with E-state index < -0.39 is 0 Å². The van der Waals surface area contributed by atoms with Gasteiger partial charge in [0.1, 0.15) is 0 Å². The molecule has 24 heavy (non-hydrogen) atoms. The highest BCUT2D eigenvalue weighted by atomic mass is 16.5. The smallest absolute Gasteiger partial charge is 0.321 e. The fourth-order valence-electron chi connectivity index (χ4n) is 3.71. The monoisotopic (exact) mass is 331 g/mol. The molecular weight excluding hydrogens is 302 g/mol. The van der Waals surface area contributed by atoms with Crippen LogP contribution in [0.1, 0.15) is 31.2 Å². The molecule has 0 spiro atoms. The largest absolute Gasteiger partial charge is 0.384 e. The summed E-state index contributed by atoms with van der Waals surface area (Å²) in [7, 11) is 1.72. The van der Waals surface area contributed by atoms with Gasteiger partial charge in [-0.1, -0.05) is 18.6 Å². The number of likely N-dealkylation sites (tertiary alicyclic amines) is 2. The number of methoxy groups -OCH3 is 1. The Hall–Kier alpha value is -1.59. The summed E-state index contributed by atoms with van der Waals surface area (Å²) in [6, 6.07) is 8.26. The van der Waals surface area contributed by atoms with Gasteiger partial charge in [-0.25, -0.2) is 4.79 Å². The molecule has 1 N–H and O–H groups in total. The maximum Gasteiger partial charge on any atom is 0.321 e. The molecule has 3 rings (SSSR count). The van der Waals surface area contributed by atoms with Gasteiger partial charge in [0.05, 0.1) is 6.61 Å². The van der Waals surface area contributed by atoms with E-state index in [0.29, 0.717) is 5.92 Å². The minimum Gasteiger partial charge on any atom is -0.384 e. The van der Waals surface area contributed by atoms with Gasteiger partial charge in [0, 0.05) is 38.3 Å². The van der Waals surface area contributed by atoms with Crippen LogP contribution in [0.4, 0.5) is 10.5 Å². The normalized spacial score (nSPS) is 21.9. The Kier molecular flexibility index (Phi) is 6.10. The fourth-order valence-corrected chi connectivity index (χ4v) is 3.71. The number of nitrogens with one attached hydrogen (secondary N) is 1. The minimum atomic E-state index is 0.00345. The Morgan fingerprint density at radius 3 is 2.88 bits per heavy atom. The van der Waals surface area contributed by atoms with Crippen LogP contribution < -0.4 is 5.32 Å². The first kappa shape index (κ1) is 17.2. The van der Waals surface area contributed by atoms with E-state index in [1.54, 1.807) is 7.11 Å². The minimum absolute atomic E-state index is 0.00345. The average molecular weight is 331 g/mol. The molecule has 2 saturated heterocycles. The van der Waals surface area contributed by atoms with E-state index >= 15 is 0 Å². The van der Waals surface area contributed by atoms with Gasteiger partial charge in [0.25, 0.3) is 0 Å². The lowest BCUT2D eigenvalue weighted by atomic mass is 10.1. The summed E-state index contributed by atoms with van der Waals surface area (Å²) in [5, 5.41) is 3.05. The summed E-state index contributed by atoms with van der Waals surface area (Å²) >= 11 is 0. The molecule has 5 nitrogen and oxygen atoms in total. The number of urea groups is 1. The first-order valence-electron chi connectivity index (χ1n) is 9.11. The fraction of sp³-hybridized carbons (Fsp3) is 0.632. The third kappa shape index (κ3) is 4.71. The highest BCUT2D eigenvalue weighted by Crippen LogP contribution is 2.19. The number of amides is 2. The van der Waals surface area contributed by atoms with Crippen molar-refractivity contribution in [3.8, 4) is 0 Å². The number of carbonyl (C=O) groups is 1. The van der Waals surface area contributed by atoms with Crippen LogP contribution in [0.15, 0.2) is 24.3 Å². The average Bonchev–Trinajstić information content (AvgIpc) is 3.05. The first-order chi connectivity index (χ1) is 11.7. The molecule has 5 heteroatoms. The molecule has 2 amide bonds. The molecule has 0 radical (unpaired) electrons. The van der Waals surface area contributed by atoms with E-state index in [9.17, 15) is 4.79 Å². The Bertz CT molecular complexity index is 543. The SMILES string of the molecule is COCC1CCN(C(=O)Nc2cccc(CN3CCCCC3)c2)C1. The number of rotatable bonds is 5. The van der Waals surface area contributed by atoms with E-state index in [2.05, 4.69) is 22.3 Å². The Morgan fingerprint density at radius 1 is 1.25 bits per heavy atom. The third-order valence-corrected chi connectivity index (χ3v) is 5.01. The molecule has 1 unspecified atom stereocenters. The zero-order valence-corrected chi connectivity index (χ0v) is 14.7. The molecule has 0 aromatic heterocycles. The summed E-state index contributed by atoms with van der Waals surface area (Å²) in [6.45, 7) is 5.68. The third-order valence-electron chi connectivity index (χ3n) is 5.01. The Balaban J connectivity index is 1.53. The van der Waals surface area contributed by atoms with Gasteiger partial charge in [-0.05, 0) is 50.0 Å². The zero-order valence-electron chi connectivity index (χ0n) is 14.7. The first-order valence-corrected chi connectivity index (χ1v) is 9.11. The van der Waals surface area contributed by atoms with Crippen molar-refractivity contribution >= 4 is 11.7 Å². The van der Waals surface area contributed by atoms with Crippen LogP contribution in [0.3, 0.4) is 0 Å². The zero-order chi connectivity index (χ0) is 16.8. The van der Waals surface area contributed by atoms with Crippen molar-refractivity contribution in [3.63, 3.8) is 0 Å². The van der Waals surface area contributed by atoms with Crippen molar-refractivity contribution in [2.24, 2.45) is 5.92 Å². The number of benzene rings is 1. The van der Waals surface area contributed by atoms with E-state index in [4.69, 9.17) is 4.74 Å².